The van der Waals surface area contributed by atoms with Crippen LogP contribution in [0.4, 0.5) is 5.82 Å². The molecule has 1 atom stereocenters. The predicted molar refractivity (Wildman–Crippen MR) is 130 cm³/mol. The number of rotatable bonds is 3. The largest absolute Gasteiger partial charge is 0.450 e. The van der Waals surface area contributed by atoms with Gasteiger partial charge in [0, 0.05) is 11.5 Å². The second-order valence-electron chi connectivity index (χ2n) is 9.03. The number of carbonyl (C=O) groups excluding carboxylic acids is 1. The minimum Gasteiger partial charge on any atom is -0.450 e. The molecule has 6 rings (SSSR count). The lowest BCUT2D eigenvalue weighted by molar-refractivity contribution is 0.0969. The molecule has 3 aromatic carbocycles. The normalized spacial score (nSPS) is 15.6. The minimum absolute atomic E-state index is 0.0486. The zero-order chi connectivity index (χ0) is 23.6. The molecule has 0 radical (unpaired) electrons. The molecule has 0 fully saturated rings. The summed E-state index contributed by atoms with van der Waals surface area (Å²) < 4.78 is 11.5. The molecule has 1 unspecified atom stereocenters. The second kappa shape index (κ2) is 7.42. The summed E-state index contributed by atoms with van der Waals surface area (Å²) in [6, 6.07) is 20.4. The second-order valence-corrected chi connectivity index (χ2v) is 9.03. The molecule has 5 aromatic rings. The van der Waals surface area contributed by atoms with E-state index in [4.69, 9.17) is 8.94 Å². The van der Waals surface area contributed by atoms with Gasteiger partial charge in [0.2, 0.25) is 5.76 Å². The average molecular weight is 450 g/mol. The van der Waals surface area contributed by atoms with Crippen molar-refractivity contribution in [3.8, 4) is 0 Å². The Labute approximate surface area is 195 Å². The van der Waals surface area contributed by atoms with Gasteiger partial charge in [0.15, 0.2) is 11.2 Å². The lowest BCUT2D eigenvalue weighted by Crippen LogP contribution is -2.29. The summed E-state index contributed by atoms with van der Waals surface area (Å²) in [5.41, 5.74) is 2.52. The summed E-state index contributed by atoms with van der Waals surface area (Å²) in [5.74, 6) is 0.923. The van der Waals surface area contributed by atoms with Crippen molar-refractivity contribution in [1.82, 2.24) is 5.16 Å². The highest BCUT2D eigenvalue weighted by Crippen LogP contribution is 2.41. The molecule has 1 aliphatic heterocycles. The first-order valence-corrected chi connectivity index (χ1v) is 11.3. The van der Waals surface area contributed by atoms with Crippen LogP contribution in [0.3, 0.4) is 0 Å². The van der Waals surface area contributed by atoms with Gasteiger partial charge in [-0.3, -0.25) is 14.5 Å². The first-order chi connectivity index (χ1) is 16.4. The third-order valence-corrected chi connectivity index (χ3v) is 6.54. The quantitative estimate of drug-likeness (QED) is 0.310. The molecule has 0 aliphatic carbocycles. The van der Waals surface area contributed by atoms with Crippen LogP contribution in [0.5, 0.6) is 0 Å². The van der Waals surface area contributed by atoms with Crippen molar-refractivity contribution in [1.29, 1.82) is 0 Å². The maximum atomic E-state index is 13.9. The molecule has 6 nitrogen and oxygen atoms in total. The Kier molecular flexibility index (Phi) is 4.45. The van der Waals surface area contributed by atoms with Crippen molar-refractivity contribution < 1.29 is 13.7 Å². The van der Waals surface area contributed by atoms with Crippen LogP contribution in [0.1, 0.15) is 58.8 Å². The summed E-state index contributed by atoms with van der Waals surface area (Å²) in [7, 11) is 0. The SMILES string of the molecule is Cc1cc(N2C(=O)c3oc4c(ccc5ccccc54)c(=O)c3C2c2ccc(C(C)C)cc2)no1. The van der Waals surface area contributed by atoms with E-state index in [1.807, 2.05) is 54.6 Å². The summed E-state index contributed by atoms with van der Waals surface area (Å²) in [4.78, 5) is 29.1. The first-order valence-electron chi connectivity index (χ1n) is 11.3. The number of anilines is 1. The summed E-state index contributed by atoms with van der Waals surface area (Å²) >= 11 is 0. The summed E-state index contributed by atoms with van der Waals surface area (Å²) in [5, 5.41) is 6.27. The molecule has 0 saturated heterocycles. The number of nitrogens with zero attached hydrogens (tertiary/aromatic N) is 2. The van der Waals surface area contributed by atoms with Crippen LogP contribution in [0.15, 0.2) is 80.5 Å². The van der Waals surface area contributed by atoms with Gasteiger partial charge in [-0.05, 0) is 35.4 Å². The van der Waals surface area contributed by atoms with Gasteiger partial charge < -0.3 is 8.94 Å². The number of aromatic nitrogens is 1. The molecule has 1 amide bonds. The van der Waals surface area contributed by atoms with Crippen molar-refractivity contribution in [2.75, 3.05) is 4.90 Å². The number of hydrogen-bond acceptors (Lipinski definition) is 5. The number of hydrogen-bond donors (Lipinski definition) is 0. The van der Waals surface area contributed by atoms with Gasteiger partial charge in [0.1, 0.15) is 11.3 Å². The highest BCUT2D eigenvalue weighted by molar-refractivity contribution is 6.12. The zero-order valence-corrected chi connectivity index (χ0v) is 19.0. The van der Waals surface area contributed by atoms with Gasteiger partial charge in [-0.15, -0.1) is 0 Å². The predicted octanol–water partition coefficient (Wildman–Crippen LogP) is 6.12. The fourth-order valence-electron chi connectivity index (χ4n) is 4.78. The minimum atomic E-state index is -0.666. The molecular weight excluding hydrogens is 428 g/mol. The molecule has 6 heteroatoms. The third kappa shape index (κ3) is 2.91. The number of aryl methyl sites for hydroxylation is 1. The van der Waals surface area contributed by atoms with E-state index in [1.165, 1.54) is 10.5 Å². The van der Waals surface area contributed by atoms with E-state index in [-0.39, 0.29) is 11.2 Å². The van der Waals surface area contributed by atoms with Crippen molar-refractivity contribution in [3.63, 3.8) is 0 Å². The first kappa shape index (κ1) is 20.4. The number of amides is 1. The van der Waals surface area contributed by atoms with Crippen LogP contribution in [-0.2, 0) is 0 Å². The molecule has 3 heterocycles. The highest BCUT2D eigenvalue weighted by atomic mass is 16.5. The monoisotopic (exact) mass is 450 g/mol. The molecule has 1 aliphatic rings. The van der Waals surface area contributed by atoms with Crippen LogP contribution in [-0.4, -0.2) is 11.1 Å². The Morgan fingerprint density at radius 2 is 1.71 bits per heavy atom. The van der Waals surface area contributed by atoms with Gasteiger partial charge in [-0.2, -0.15) is 0 Å². The van der Waals surface area contributed by atoms with Crippen LogP contribution < -0.4 is 10.3 Å². The average Bonchev–Trinajstić information content (AvgIpc) is 3.40. The van der Waals surface area contributed by atoms with Crippen LogP contribution in [0, 0.1) is 6.92 Å². The standard InChI is InChI=1S/C28H22N2O4/c1-15(2)17-8-10-19(11-9-17)24-23-25(31)21-13-12-18-6-4-5-7-20(18)26(21)33-27(23)28(32)30(24)22-14-16(3)34-29-22/h4-15,24H,1-3H3. The highest BCUT2D eigenvalue weighted by Gasteiger charge is 2.45. The smallest absolute Gasteiger partial charge is 0.296 e. The van der Waals surface area contributed by atoms with Gasteiger partial charge in [0.25, 0.3) is 5.91 Å². The maximum absolute atomic E-state index is 13.9. The zero-order valence-electron chi connectivity index (χ0n) is 19.0. The topological polar surface area (TPSA) is 76.6 Å². The number of fused-ring (bicyclic) bond motifs is 4. The molecule has 0 bridgehead atoms. The van der Waals surface area contributed by atoms with E-state index in [2.05, 4.69) is 19.0 Å². The third-order valence-electron chi connectivity index (χ3n) is 6.54. The molecule has 0 N–H and O–H groups in total. The van der Waals surface area contributed by atoms with Gasteiger partial charge >= 0.3 is 0 Å². The molecule has 168 valence electrons. The van der Waals surface area contributed by atoms with E-state index in [9.17, 15) is 9.59 Å². The van der Waals surface area contributed by atoms with Crippen LogP contribution in [0.25, 0.3) is 21.7 Å². The van der Waals surface area contributed by atoms with Gasteiger partial charge in [-0.25, -0.2) is 0 Å². The molecule has 0 saturated carbocycles. The van der Waals surface area contributed by atoms with E-state index in [0.717, 1.165) is 16.3 Å². The van der Waals surface area contributed by atoms with E-state index < -0.39 is 11.9 Å². The fraction of sp³-hybridized carbons (Fsp3) is 0.179. The lowest BCUT2D eigenvalue weighted by atomic mass is 9.95. The molecular formula is C28H22N2O4. The van der Waals surface area contributed by atoms with E-state index in [0.29, 0.717) is 34.0 Å². The van der Waals surface area contributed by atoms with E-state index in [1.54, 1.807) is 19.1 Å². The molecule has 0 spiro atoms. The Morgan fingerprint density at radius 3 is 2.41 bits per heavy atom. The van der Waals surface area contributed by atoms with Crippen molar-refractivity contribution in [3.05, 3.63) is 105 Å². The number of carbonyl (C=O) groups is 1. The fourth-order valence-corrected chi connectivity index (χ4v) is 4.78. The Balaban J connectivity index is 1.65. The molecule has 2 aromatic heterocycles. The maximum Gasteiger partial charge on any atom is 0.296 e. The van der Waals surface area contributed by atoms with Gasteiger partial charge in [0.05, 0.1) is 17.0 Å². The molecule has 34 heavy (non-hydrogen) atoms. The van der Waals surface area contributed by atoms with E-state index >= 15 is 0 Å². The van der Waals surface area contributed by atoms with Crippen molar-refractivity contribution in [2.45, 2.75) is 32.7 Å². The lowest BCUT2D eigenvalue weighted by Gasteiger charge is -2.22. The van der Waals surface area contributed by atoms with Gasteiger partial charge in [-0.1, -0.05) is 73.6 Å². The van der Waals surface area contributed by atoms with Crippen LogP contribution >= 0.6 is 0 Å². The van der Waals surface area contributed by atoms with Crippen molar-refractivity contribution >= 4 is 33.5 Å². The Morgan fingerprint density at radius 1 is 0.941 bits per heavy atom. The van der Waals surface area contributed by atoms with Crippen LogP contribution in [0.2, 0.25) is 0 Å². The number of benzene rings is 3. The summed E-state index contributed by atoms with van der Waals surface area (Å²) in [6.45, 7) is 6.01. The summed E-state index contributed by atoms with van der Waals surface area (Å²) in [6.07, 6.45) is 0. The van der Waals surface area contributed by atoms with Crippen molar-refractivity contribution in [2.24, 2.45) is 0 Å². The Bertz CT molecular complexity index is 1640. The Hall–Kier alpha value is -4.19.